The van der Waals surface area contributed by atoms with Crippen molar-refractivity contribution >= 4 is 21.4 Å². The fourth-order valence-electron chi connectivity index (χ4n) is 3.04. The smallest absolute Gasteiger partial charge is 0.293 e. The van der Waals surface area contributed by atoms with Crippen LogP contribution in [0, 0.1) is 17.0 Å². The zero-order valence-electron chi connectivity index (χ0n) is 15.9. The Morgan fingerprint density at radius 2 is 1.96 bits per heavy atom. The van der Waals surface area contributed by atoms with E-state index in [1.54, 1.807) is 10.9 Å². The molecule has 0 radical (unpaired) electrons. The Morgan fingerprint density at radius 1 is 1.25 bits per heavy atom. The normalized spacial score (nSPS) is 16.2. The number of rotatable bonds is 7. The van der Waals surface area contributed by atoms with E-state index in [1.165, 1.54) is 16.4 Å². The van der Waals surface area contributed by atoms with Gasteiger partial charge in [0.2, 0.25) is 10.0 Å². The summed E-state index contributed by atoms with van der Waals surface area (Å²) in [7, 11) is -1.83. The summed E-state index contributed by atoms with van der Waals surface area (Å²) in [6.45, 7) is 4.90. The van der Waals surface area contributed by atoms with Crippen LogP contribution >= 0.6 is 0 Å². The minimum Gasteiger partial charge on any atom is -0.378 e. The van der Waals surface area contributed by atoms with Gasteiger partial charge in [-0.25, -0.2) is 8.42 Å². The van der Waals surface area contributed by atoms with Gasteiger partial charge < -0.3 is 10.2 Å². The molecule has 1 N–H and O–H groups in total. The molecule has 152 valence electrons. The van der Waals surface area contributed by atoms with Gasteiger partial charge in [-0.1, -0.05) is 0 Å². The molecule has 1 aliphatic rings. The highest BCUT2D eigenvalue weighted by Gasteiger charge is 2.29. The first-order chi connectivity index (χ1) is 13.3. The average molecular weight is 408 g/mol. The summed E-state index contributed by atoms with van der Waals surface area (Å²) in [6.07, 6.45) is 3.61. The van der Waals surface area contributed by atoms with Crippen molar-refractivity contribution in [3.05, 3.63) is 46.3 Å². The van der Waals surface area contributed by atoms with Crippen LogP contribution in [0.4, 0.5) is 11.4 Å². The summed E-state index contributed by atoms with van der Waals surface area (Å²) in [5, 5.41) is 18.7. The lowest BCUT2D eigenvalue weighted by Gasteiger charge is -2.31. The van der Waals surface area contributed by atoms with E-state index in [9.17, 15) is 18.5 Å². The number of nitro groups is 1. The van der Waals surface area contributed by atoms with Crippen molar-refractivity contribution in [2.45, 2.75) is 18.4 Å². The van der Waals surface area contributed by atoms with Crippen molar-refractivity contribution in [3.8, 4) is 0 Å². The molecule has 3 rings (SSSR count). The molecule has 10 nitrogen and oxygen atoms in total. The largest absolute Gasteiger partial charge is 0.378 e. The molecular weight excluding hydrogens is 384 g/mol. The Labute approximate surface area is 163 Å². The van der Waals surface area contributed by atoms with Crippen LogP contribution in [0.25, 0.3) is 0 Å². The molecule has 2 aromatic rings. The molecule has 0 spiro atoms. The highest BCUT2D eigenvalue weighted by Crippen LogP contribution is 2.29. The quantitative estimate of drug-likeness (QED) is 0.540. The van der Waals surface area contributed by atoms with Crippen molar-refractivity contribution in [1.29, 1.82) is 0 Å². The molecular formula is C17H24N6O4S. The first-order valence-corrected chi connectivity index (χ1v) is 10.4. The molecule has 1 aliphatic heterocycles. The lowest BCUT2D eigenvalue weighted by molar-refractivity contribution is -0.384. The highest BCUT2D eigenvalue weighted by atomic mass is 32.2. The van der Waals surface area contributed by atoms with Crippen LogP contribution in [0.1, 0.15) is 5.56 Å². The second-order valence-corrected chi connectivity index (χ2v) is 8.79. The molecule has 28 heavy (non-hydrogen) atoms. The first kappa shape index (κ1) is 20.2. The Kier molecular flexibility index (Phi) is 5.96. The zero-order chi connectivity index (χ0) is 20.3. The summed E-state index contributed by atoms with van der Waals surface area (Å²) in [5.41, 5.74) is 1.06. The summed E-state index contributed by atoms with van der Waals surface area (Å²) in [4.78, 5) is 12.9. The number of likely N-dealkylation sites (N-methyl/N-ethyl adjacent to an activating group) is 1. The van der Waals surface area contributed by atoms with Crippen LogP contribution in [0.3, 0.4) is 0 Å². The second-order valence-electron chi connectivity index (χ2n) is 6.85. The fourth-order valence-corrected chi connectivity index (χ4v) is 4.49. The van der Waals surface area contributed by atoms with Crippen molar-refractivity contribution in [3.63, 3.8) is 0 Å². The van der Waals surface area contributed by atoms with Gasteiger partial charge in [-0.05, 0) is 31.7 Å². The second kappa shape index (κ2) is 8.25. The highest BCUT2D eigenvalue weighted by molar-refractivity contribution is 7.89. The van der Waals surface area contributed by atoms with Gasteiger partial charge in [0.05, 0.1) is 22.6 Å². The lowest BCUT2D eigenvalue weighted by atomic mass is 10.2. The Balaban J connectivity index is 1.75. The SMILES string of the molecule is Cc1cnn(CCNc2ccc(S(=O)(=O)N3CCN(C)CC3)cc2[N+](=O)[O-])c1. The molecule has 11 heteroatoms. The maximum atomic E-state index is 12.8. The Morgan fingerprint density at radius 3 is 2.57 bits per heavy atom. The molecule has 1 aromatic heterocycles. The lowest BCUT2D eigenvalue weighted by Crippen LogP contribution is -2.47. The van der Waals surface area contributed by atoms with Crippen LogP contribution in [0.15, 0.2) is 35.5 Å². The van der Waals surface area contributed by atoms with Crippen LogP contribution in [-0.4, -0.2) is 72.1 Å². The van der Waals surface area contributed by atoms with Crippen LogP contribution < -0.4 is 5.32 Å². The average Bonchev–Trinajstić information content (AvgIpc) is 3.07. The van der Waals surface area contributed by atoms with Gasteiger partial charge >= 0.3 is 0 Å². The molecule has 2 heterocycles. The molecule has 1 fully saturated rings. The fraction of sp³-hybridized carbons (Fsp3) is 0.471. The number of hydrogen-bond acceptors (Lipinski definition) is 7. The topological polar surface area (TPSA) is 114 Å². The molecule has 1 aromatic carbocycles. The van der Waals surface area contributed by atoms with E-state index >= 15 is 0 Å². The van der Waals surface area contributed by atoms with E-state index in [0.29, 0.717) is 39.3 Å². The van der Waals surface area contributed by atoms with Gasteiger partial charge in [0.1, 0.15) is 5.69 Å². The van der Waals surface area contributed by atoms with Crippen molar-refractivity contribution in [1.82, 2.24) is 19.0 Å². The van der Waals surface area contributed by atoms with Gasteiger partial charge in [-0.3, -0.25) is 14.8 Å². The zero-order valence-corrected chi connectivity index (χ0v) is 16.7. The molecule has 0 bridgehead atoms. The van der Waals surface area contributed by atoms with E-state index in [0.717, 1.165) is 11.6 Å². The summed E-state index contributed by atoms with van der Waals surface area (Å²) < 4.78 is 28.8. The third-order valence-electron chi connectivity index (χ3n) is 4.68. The maximum Gasteiger partial charge on any atom is 0.293 e. The maximum absolute atomic E-state index is 12.8. The molecule has 1 saturated heterocycles. The molecule has 0 atom stereocenters. The van der Waals surface area contributed by atoms with Gasteiger partial charge in [0.15, 0.2) is 0 Å². The van der Waals surface area contributed by atoms with E-state index in [1.807, 2.05) is 25.1 Å². The van der Waals surface area contributed by atoms with E-state index in [4.69, 9.17) is 0 Å². The van der Waals surface area contributed by atoms with Crippen molar-refractivity contribution in [2.24, 2.45) is 0 Å². The number of nitrogens with zero attached hydrogens (tertiary/aromatic N) is 5. The minimum absolute atomic E-state index is 0.0583. The van der Waals surface area contributed by atoms with E-state index in [-0.39, 0.29) is 16.3 Å². The summed E-state index contributed by atoms with van der Waals surface area (Å²) >= 11 is 0. The third kappa shape index (κ3) is 4.49. The monoisotopic (exact) mass is 408 g/mol. The molecule has 0 unspecified atom stereocenters. The number of nitro benzene ring substituents is 1. The molecule has 0 aliphatic carbocycles. The Bertz CT molecular complexity index is 950. The number of aryl methyl sites for hydroxylation is 1. The van der Waals surface area contributed by atoms with Gasteiger partial charge in [0.25, 0.3) is 5.69 Å². The van der Waals surface area contributed by atoms with Gasteiger partial charge in [-0.15, -0.1) is 0 Å². The van der Waals surface area contributed by atoms with Crippen LogP contribution in [-0.2, 0) is 16.6 Å². The van der Waals surface area contributed by atoms with E-state index in [2.05, 4.69) is 10.4 Å². The number of aromatic nitrogens is 2. The number of piperazine rings is 1. The third-order valence-corrected chi connectivity index (χ3v) is 6.58. The predicted molar refractivity (Wildman–Crippen MR) is 105 cm³/mol. The number of anilines is 1. The summed E-state index contributed by atoms with van der Waals surface area (Å²) in [6, 6.07) is 4.00. The Hall–Kier alpha value is -2.50. The van der Waals surface area contributed by atoms with E-state index < -0.39 is 14.9 Å². The summed E-state index contributed by atoms with van der Waals surface area (Å²) in [5.74, 6) is 0. The standard InChI is InChI=1S/C17H24N6O4S/c1-14-12-19-21(13-14)6-5-18-16-4-3-15(11-17(16)23(24)25)28(26,27)22-9-7-20(2)8-10-22/h3-4,11-13,18H,5-10H2,1-2H3. The van der Waals surface area contributed by atoms with Crippen LogP contribution in [0.2, 0.25) is 0 Å². The first-order valence-electron chi connectivity index (χ1n) is 8.97. The number of sulfonamides is 1. The van der Waals surface area contributed by atoms with Crippen molar-refractivity contribution < 1.29 is 13.3 Å². The van der Waals surface area contributed by atoms with Crippen molar-refractivity contribution in [2.75, 3.05) is 45.1 Å². The van der Waals surface area contributed by atoms with Crippen LogP contribution in [0.5, 0.6) is 0 Å². The van der Waals surface area contributed by atoms with Gasteiger partial charge in [-0.2, -0.15) is 9.40 Å². The number of benzene rings is 1. The minimum atomic E-state index is -3.76. The van der Waals surface area contributed by atoms with Gasteiger partial charge in [0, 0.05) is 45.0 Å². The number of nitrogens with one attached hydrogen (secondary N) is 1. The predicted octanol–water partition coefficient (Wildman–Crippen LogP) is 1.15. The molecule has 0 amide bonds. The number of hydrogen-bond donors (Lipinski definition) is 1. The molecule has 0 saturated carbocycles.